The smallest absolute Gasteiger partial charge is 0.139 e. The molecule has 0 aromatic heterocycles. The highest BCUT2D eigenvalue weighted by Gasteiger charge is 2.07. The summed E-state index contributed by atoms with van der Waals surface area (Å²) in [4.78, 5) is 11.7. The molecule has 0 aliphatic carbocycles. The van der Waals surface area contributed by atoms with Crippen LogP contribution in [0.1, 0.15) is 12.0 Å². The molecule has 0 fully saturated rings. The van der Waals surface area contributed by atoms with Crippen molar-refractivity contribution in [2.75, 3.05) is 26.9 Å². The number of halogens is 2. The average molecular weight is 336 g/mol. The molecule has 0 atom stereocenters. The second-order valence-corrected chi connectivity index (χ2v) is 5.13. The summed E-state index contributed by atoms with van der Waals surface area (Å²) in [6, 6.07) is 5.53. The number of hydrogen-bond donors (Lipinski definition) is 0. The standard InChI is InChI=1S/C13H16BrClO3/c1-17-6-7-18-5-4-12(16)8-10-2-3-11(14)9-13(10)15/h2-3,9H,4-8H2,1H3. The van der Waals surface area contributed by atoms with Crippen LogP contribution >= 0.6 is 27.5 Å². The van der Waals surface area contributed by atoms with Crippen LogP contribution in [0.4, 0.5) is 0 Å². The van der Waals surface area contributed by atoms with E-state index in [1.807, 2.05) is 12.1 Å². The monoisotopic (exact) mass is 334 g/mol. The van der Waals surface area contributed by atoms with Crippen LogP contribution in [-0.2, 0) is 20.7 Å². The zero-order valence-electron chi connectivity index (χ0n) is 10.2. The first-order valence-corrected chi connectivity index (χ1v) is 6.83. The van der Waals surface area contributed by atoms with Gasteiger partial charge in [-0.15, -0.1) is 0 Å². The van der Waals surface area contributed by atoms with Gasteiger partial charge < -0.3 is 9.47 Å². The maximum atomic E-state index is 11.7. The molecule has 1 rings (SSSR count). The maximum Gasteiger partial charge on any atom is 0.139 e. The van der Waals surface area contributed by atoms with E-state index >= 15 is 0 Å². The molecule has 0 bridgehead atoms. The molecule has 0 heterocycles. The van der Waals surface area contributed by atoms with E-state index < -0.39 is 0 Å². The van der Waals surface area contributed by atoms with Crippen LogP contribution in [0, 0.1) is 0 Å². The van der Waals surface area contributed by atoms with E-state index in [-0.39, 0.29) is 5.78 Å². The Bertz CT molecular complexity index is 396. The highest BCUT2D eigenvalue weighted by Crippen LogP contribution is 2.22. The van der Waals surface area contributed by atoms with Crippen molar-refractivity contribution in [3.05, 3.63) is 33.3 Å². The van der Waals surface area contributed by atoms with Crippen LogP contribution in [0.15, 0.2) is 22.7 Å². The van der Waals surface area contributed by atoms with Crippen molar-refractivity contribution in [3.63, 3.8) is 0 Å². The molecule has 0 saturated carbocycles. The minimum atomic E-state index is 0.122. The number of carbonyl (C=O) groups excluding carboxylic acids is 1. The van der Waals surface area contributed by atoms with Gasteiger partial charge in [0.2, 0.25) is 0 Å². The fourth-order valence-corrected chi connectivity index (χ4v) is 2.14. The molecule has 3 nitrogen and oxygen atoms in total. The van der Waals surface area contributed by atoms with Crippen molar-refractivity contribution in [2.45, 2.75) is 12.8 Å². The van der Waals surface area contributed by atoms with Crippen molar-refractivity contribution in [2.24, 2.45) is 0 Å². The van der Waals surface area contributed by atoms with E-state index in [4.69, 9.17) is 21.1 Å². The Morgan fingerprint density at radius 1 is 1.33 bits per heavy atom. The topological polar surface area (TPSA) is 35.5 Å². The number of carbonyl (C=O) groups is 1. The largest absolute Gasteiger partial charge is 0.382 e. The first-order valence-electron chi connectivity index (χ1n) is 5.66. The lowest BCUT2D eigenvalue weighted by molar-refractivity contribution is -0.119. The molecule has 0 amide bonds. The SMILES string of the molecule is COCCOCCC(=O)Cc1ccc(Br)cc1Cl. The van der Waals surface area contributed by atoms with Gasteiger partial charge in [0.05, 0.1) is 19.8 Å². The molecule has 1 aromatic rings. The molecule has 0 radical (unpaired) electrons. The van der Waals surface area contributed by atoms with E-state index in [1.165, 1.54) is 0 Å². The molecule has 0 saturated heterocycles. The first kappa shape index (κ1) is 15.6. The fourth-order valence-electron chi connectivity index (χ4n) is 1.40. The van der Waals surface area contributed by atoms with E-state index in [0.29, 0.717) is 37.7 Å². The van der Waals surface area contributed by atoms with Crippen molar-refractivity contribution in [1.82, 2.24) is 0 Å². The maximum absolute atomic E-state index is 11.7. The van der Waals surface area contributed by atoms with Crippen LogP contribution in [-0.4, -0.2) is 32.7 Å². The molecule has 1 aromatic carbocycles. The lowest BCUT2D eigenvalue weighted by Crippen LogP contribution is -2.09. The minimum Gasteiger partial charge on any atom is -0.382 e. The number of hydrogen-bond acceptors (Lipinski definition) is 3. The van der Waals surface area contributed by atoms with Gasteiger partial charge in [-0.1, -0.05) is 33.6 Å². The molecule has 0 spiro atoms. The third kappa shape index (κ3) is 5.96. The average Bonchev–Trinajstić information content (AvgIpc) is 2.32. The molecule has 0 aliphatic heterocycles. The summed E-state index contributed by atoms with van der Waals surface area (Å²) in [6.45, 7) is 1.49. The highest BCUT2D eigenvalue weighted by molar-refractivity contribution is 9.10. The van der Waals surface area contributed by atoms with Crippen molar-refractivity contribution < 1.29 is 14.3 Å². The number of methoxy groups -OCH3 is 1. The van der Waals surface area contributed by atoms with Gasteiger partial charge in [0.25, 0.3) is 0 Å². The molecule has 0 unspecified atom stereocenters. The van der Waals surface area contributed by atoms with Crippen LogP contribution in [0.25, 0.3) is 0 Å². The summed E-state index contributed by atoms with van der Waals surface area (Å²) in [5.74, 6) is 0.122. The van der Waals surface area contributed by atoms with Crippen molar-refractivity contribution in [3.8, 4) is 0 Å². The highest BCUT2D eigenvalue weighted by atomic mass is 79.9. The summed E-state index contributed by atoms with van der Waals surface area (Å²) in [5, 5.41) is 0.609. The van der Waals surface area contributed by atoms with Gasteiger partial charge in [-0.25, -0.2) is 0 Å². The Morgan fingerprint density at radius 2 is 2.11 bits per heavy atom. The normalized spacial score (nSPS) is 10.6. The number of ketones is 1. The zero-order chi connectivity index (χ0) is 13.4. The Kier molecular flexibility index (Phi) is 7.51. The molecule has 5 heteroatoms. The molecule has 0 aliphatic rings. The number of benzene rings is 1. The van der Waals surface area contributed by atoms with Crippen LogP contribution < -0.4 is 0 Å². The predicted molar refractivity (Wildman–Crippen MR) is 75.2 cm³/mol. The van der Waals surface area contributed by atoms with Crippen LogP contribution in [0.2, 0.25) is 5.02 Å². The third-order valence-electron chi connectivity index (χ3n) is 2.36. The lowest BCUT2D eigenvalue weighted by atomic mass is 10.1. The number of Topliss-reactive ketones (excluding diaryl/α,β-unsaturated/α-hetero) is 1. The Balaban J connectivity index is 2.31. The van der Waals surface area contributed by atoms with E-state index in [0.717, 1.165) is 10.0 Å². The summed E-state index contributed by atoms with van der Waals surface area (Å²) in [6.07, 6.45) is 0.746. The van der Waals surface area contributed by atoms with E-state index in [2.05, 4.69) is 15.9 Å². The van der Waals surface area contributed by atoms with Gasteiger partial charge in [0.15, 0.2) is 0 Å². The van der Waals surface area contributed by atoms with Gasteiger partial charge in [-0.3, -0.25) is 4.79 Å². The summed E-state index contributed by atoms with van der Waals surface area (Å²) in [7, 11) is 1.62. The third-order valence-corrected chi connectivity index (χ3v) is 3.20. The lowest BCUT2D eigenvalue weighted by Gasteiger charge is -2.05. The Morgan fingerprint density at radius 3 is 2.78 bits per heavy atom. The van der Waals surface area contributed by atoms with Gasteiger partial charge in [0, 0.05) is 29.4 Å². The van der Waals surface area contributed by atoms with E-state index in [1.54, 1.807) is 13.2 Å². The summed E-state index contributed by atoms with van der Waals surface area (Å²) >= 11 is 9.37. The van der Waals surface area contributed by atoms with Crippen molar-refractivity contribution >= 4 is 33.3 Å². The predicted octanol–water partition coefficient (Wildman–Crippen LogP) is 3.27. The van der Waals surface area contributed by atoms with Gasteiger partial charge in [-0.05, 0) is 17.7 Å². The van der Waals surface area contributed by atoms with Crippen molar-refractivity contribution in [1.29, 1.82) is 0 Å². The van der Waals surface area contributed by atoms with Crippen LogP contribution in [0.5, 0.6) is 0 Å². The molecule has 100 valence electrons. The van der Waals surface area contributed by atoms with Gasteiger partial charge in [-0.2, -0.15) is 0 Å². The van der Waals surface area contributed by atoms with Crippen LogP contribution in [0.3, 0.4) is 0 Å². The summed E-state index contributed by atoms with van der Waals surface area (Å²) in [5.41, 5.74) is 0.849. The molecular weight excluding hydrogens is 319 g/mol. The molecule has 0 N–H and O–H groups in total. The first-order chi connectivity index (χ1) is 8.63. The second-order valence-electron chi connectivity index (χ2n) is 3.81. The molecular formula is C13H16BrClO3. The van der Waals surface area contributed by atoms with Gasteiger partial charge in [0.1, 0.15) is 5.78 Å². The minimum absolute atomic E-state index is 0.122. The Hall–Kier alpha value is -0.420. The second kappa shape index (κ2) is 8.64. The zero-order valence-corrected chi connectivity index (χ0v) is 12.6. The van der Waals surface area contributed by atoms with Gasteiger partial charge >= 0.3 is 0 Å². The van der Waals surface area contributed by atoms with E-state index in [9.17, 15) is 4.79 Å². The fraction of sp³-hybridized carbons (Fsp3) is 0.462. The quantitative estimate of drug-likeness (QED) is 0.684. The summed E-state index contributed by atoms with van der Waals surface area (Å²) < 4.78 is 11.0. The number of rotatable bonds is 8. The molecule has 18 heavy (non-hydrogen) atoms. The Labute approximate surface area is 121 Å². The number of ether oxygens (including phenoxy) is 2.